The average Bonchev–Trinajstić information content (AvgIpc) is 2.98. The van der Waals surface area contributed by atoms with Gasteiger partial charge in [0, 0.05) is 12.6 Å². The van der Waals surface area contributed by atoms with Crippen LogP contribution in [0.2, 0.25) is 0 Å². The van der Waals surface area contributed by atoms with Gasteiger partial charge in [0.2, 0.25) is 11.8 Å². The number of rotatable bonds is 13. The minimum Gasteiger partial charge on any atom is -0.497 e. The van der Waals surface area contributed by atoms with E-state index >= 15 is 0 Å². The van der Waals surface area contributed by atoms with Crippen LogP contribution in [0, 0.1) is 6.92 Å². The van der Waals surface area contributed by atoms with Crippen molar-refractivity contribution >= 4 is 27.5 Å². The summed E-state index contributed by atoms with van der Waals surface area (Å²) < 4.78 is 39.3. The summed E-state index contributed by atoms with van der Waals surface area (Å²) in [5.74, 6) is 0.324. The van der Waals surface area contributed by atoms with Crippen LogP contribution in [-0.2, 0) is 26.2 Å². The molecule has 2 unspecified atom stereocenters. The van der Waals surface area contributed by atoms with Gasteiger partial charge in [-0.15, -0.1) is 0 Å². The SMILES string of the molecule is CCC(C)NC(=O)C(C)N(Cc1ccc(OC)cc1)C(=O)CN(c1ccc(C)cc1)S(=O)(=O)c1ccc(OC)cc1. The number of hydrogen-bond acceptors (Lipinski definition) is 6. The Balaban J connectivity index is 2.01. The minimum atomic E-state index is -4.16. The Hall–Kier alpha value is -4.05. The van der Waals surface area contributed by atoms with E-state index in [2.05, 4.69) is 5.32 Å². The molecule has 3 rings (SSSR count). The van der Waals surface area contributed by atoms with Gasteiger partial charge in [0.25, 0.3) is 10.0 Å². The van der Waals surface area contributed by atoms with E-state index in [4.69, 9.17) is 9.47 Å². The van der Waals surface area contributed by atoms with Crippen molar-refractivity contribution in [1.29, 1.82) is 0 Å². The number of anilines is 1. The molecule has 3 aromatic carbocycles. The molecule has 0 heterocycles. The van der Waals surface area contributed by atoms with E-state index in [1.807, 2.05) is 32.9 Å². The fraction of sp³-hybridized carbons (Fsp3) is 0.355. The molecule has 2 atom stereocenters. The summed E-state index contributed by atoms with van der Waals surface area (Å²) in [7, 11) is -1.10. The average molecular weight is 582 g/mol. The normalized spacial score (nSPS) is 12.6. The largest absolute Gasteiger partial charge is 0.497 e. The van der Waals surface area contributed by atoms with Crippen LogP contribution in [0.4, 0.5) is 5.69 Å². The van der Waals surface area contributed by atoms with Crippen molar-refractivity contribution in [2.75, 3.05) is 25.1 Å². The summed E-state index contributed by atoms with van der Waals surface area (Å²) in [4.78, 5) is 28.6. The fourth-order valence-corrected chi connectivity index (χ4v) is 5.50. The van der Waals surface area contributed by atoms with E-state index in [0.29, 0.717) is 17.2 Å². The molecule has 0 aliphatic rings. The number of ether oxygens (including phenoxy) is 2. The summed E-state index contributed by atoms with van der Waals surface area (Å²) in [6.45, 7) is 6.98. The molecule has 3 aromatic rings. The van der Waals surface area contributed by atoms with Crippen LogP contribution in [0.1, 0.15) is 38.3 Å². The third-order valence-electron chi connectivity index (χ3n) is 6.93. The first kappa shape index (κ1) is 31.5. The Bertz CT molecular complexity index is 1410. The first-order valence-electron chi connectivity index (χ1n) is 13.5. The lowest BCUT2D eigenvalue weighted by molar-refractivity contribution is -0.139. The quantitative estimate of drug-likeness (QED) is 0.318. The molecule has 0 saturated heterocycles. The molecule has 1 N–H and O–H groups in total. The van der Waals surface area contributed by atoms with Crippen molar-refractivity contribution in [3.63, 3.8) is 0 Å². The third kappa shape index (κ3) is 8.00. The van der Waals surface area contributed by atoms with Gasteiger partial charge in [0.15, 0.2) is 0 Å². The number of benzene rings is 3. The van der Waals surface area contributed by atoms with E-state index in [-0.39, 0.29) is 23.4 Å². The molecule has 9 nitrogen and oxygen atoms in total. The molecule has 0 aliphatic heterocycles. The zero-order valence-corrected chi connectivity index (χ0v) is 25.3. The van der Waals surface area contributed by atoms with Crippen LogP contribution < -0.4 is 19.1 Å². The number of sulfonamides is 1. The summed E-state index contributed by atoms with van der Waals surface area (Å²) >= 11 is 0. The number of carbonyl (C=O) groups is 2. The standard InChI is InChI=1S/C31H39N3O6S/c1-7-23(3)32-31(36)24(4)33(20-25-10-14-27(39-5)15-11-25)30(35)21-34(26-12-8-22(2)9-13-26)41(37,38)29-18-16-28(40-6)17-19-29/h8-19,23-24H,7,20-21H2,1-6H3,(H,32,36). The number of amides is 2. The van der Waals surface area contributed by atoms with Crippen molar-refractivity contribution in [1.82, 2.24) is 10.2 Å². The van der Waals surface area contributed by atoms with Crippen molar-refractivity contribution in [3.8, 4) is 11.5 Å². The van der Waals surface area contributed by atoms with Gasteiger partial charge in [0.05, 0.1) is 24.8 Å². The first-order valence-corrected chi connectivity index (χ1v) is 14.9. The second-order valence-corrected chi connectivity index (χ2v) is 11.7. The molecule has 10 heteroatoms. The van der Waals surface area contributed by atoms with Gasteiger partial charge >= 0.3 is 0 Å². The lowest BCUT2D eigenvalue weighted by atomic mass is 10.1. The molecule has 2 amide bonds. The first-order chi connectivity index (χ1) is 19.5. The van der Waals surface area contributed by atoms with Crippen LogP contribution in [0.25, 0.3) is 0 Å². The zero-order valence-electron chi connectivity index (χ0n) is 24.5. The number of nitrogens with one attached hydrogen (secondary N) is 1. The Morgan fingerprint density at radius 3 is 1.90 bits per heavy atom. The highest BCUT2D eigenvalue weighted by Gasteiger charge is 2.32. The molecule has 0 aromatic heterocycles. The molecule has 0 saturated carbocycles. The second-order valence-electron chi connectivity index (χ2n) is 9.89. The summed E-state index contributed by atoms with van der Waals surface area (Å²) in [6.07, 6.45) is 0.728. The van der Waals surface area contributed by atoms with E-state index in [1.165, 1.54) is 24.1 Å². The maximum Gasteiger partial charge on any atom is 0.264 e. The van der Waals surface area contributed by atoms with Gasteiger partial charge in [0.1, 0.15) is 24.1 Å². The Morgan fingerprint density at radius 1 is 0.854 bits per heavy atom. The van der Waals surface area contributed by atoms with E-state index in [9.17, 15) is 18.0 Å². The predicted molar refractivity (Wildman–Crippen MR) is 160 cm³/mol. The molecular weight excluding hydrogens is 542 g/mol. The van der Waals surface area contributed by atoms with Gasteiger partial charge < -0.3 is 19.7 Å². The molecule has 41 heavy (non-hydrogen) atoms. The Labute approximate surface area is 243 Å². The highest BCUT2D eigenvalue weighted by atomic mass is 32.2. The number of aryl methyl sites for hydroxylation is 1. The maximum absolute atomic E-state index is 14.0. The number of nitrogens with zero attached hydrogens (tertiary/aromatic N) is 2. The minimum absolute atomic E-state index is 0.0101. The summed E-state index contributed by atoms with van der Waals surface area (Å²) in [6, 6.07) is 19.1. The van der Waals surface area contributed by atoms with Crippen LogP contribution >= 0.6 is 0 Å². The number of hydrogen-bond donors (Lipinski definition) is 1. The van der Waals surface area contributed by atoms with Gasteiger partial charge in [-0.2, -0.15) is 0 Å². The van der Waals surface area contributed by atoms with Gasteiger partial charge in [-0.3, -0.25) is 13.9 Å². The predicted octanol–water partition coefficient (Wildman–Crippen LogP) is 4.54. The smallest absolute Gasteiger partial charge is 0.264 e. The summed E-state index contributed by atoms with van der Waals surface area (Å²) in [5, 5.41) is 2.93. The van der Waals surface area contributed by atoms with Crippen LogP contribution in [-0.4, -0.2) is 58.0 Å². The molecular formula is C31H39N3O6S. The highest BCUT2D eigenvalue weighted by molar-refractivity contribution is 7.92. The topological polar surface area (TPSA) is 105 Å². The van der Waals surface area contributed by atoms with E-state index in [0.717, 1.165) is 21.9 Å². The molecule has 0 spiro atoms. The summed E-state index contributed by atoms with van der Waals surface area (Å²) in [5.41, 5.74) is 2.04. The molecule has 0 bridgehead atoms. The molecule has 0 aliphatic carbocycles. The van der Waals surface area contributed by atoms with Crippen molar-refractivity contribution in [2.45, 2.75) is 57.6 Å². The maximum atomic E-state index is 14.0. The molecule has 0 radical (unpaired) electrons. The van der Waals surface area contributed by atoms with E-state index < -0.39 is 28.5 Å². The molecule has 0 fully saturated rings. The second kappa shape index (κ2) is 14.0. The van der Waals surface area contributed by atoms with Gasteiger partial charge in [-0.05, 0) is 81.3 Å². The fourth-order valence-electron chi connectivity index (χ4n) is 4.09. The van der Waals surface area contributed by atoms with Crippen LogP contribution in [0.5, 0.6) is 11.5 Å². The Morgan fingerprint density at radius 2 is 1.39 bits per heavy atom. The zero-order chi connectivity index (χ0) is 30.2. The van der Waals surface area contributed by atoms with Gasteiger partial charge in [-0.1, -0.05) is 36.8 Å². The monoisotopic (exact) mass is 581 g/mol. The van der Waals surface area contributed by atoms with Crippen LogP contribution in [0.3, 0.4) is 0 Å². The lowest BCUT2D eigenvalue weighted by Gasteiger charge is -2.32. The third-order valence-corrected chi connectivity index (χ3v) is 8.72. The Kier molecular flexibility index (Phi) is 10.8. The van der Waals surface area contributed by atoms with Crippen molar-refractivity contribution in [2.24, 2.45) is 0 Å². The lowest BCUT2D eigenvalue weighted by Crippen LogP contribution is -2.52. The van der Waals surface area contributed by atoms with E-state index in [1.54, 1.807) is 62.6 Å². The van der Waals surface area contributed by atoms with Crippen molar-refractivity contribution in [3.05, 3.63) is 83.9 Å². The van der Waals surface area contributed by atoms with Crippen LogP contribution in [0.15, 0.2) is 77.7 Å². The van der Waals surface area contributed by atoms with Gasteiger partial charge in [-0.25, -0.2) is 8.42 Å². The number of carbonyl (C=O) groups excluding carboxylic acids is 2. The van der Waals surface area contributed by atoms with Crippen molar-refractivity contribution < 1.29 is 27.5 Å². The number of methoxy groups -OCH3 is 2. The highest BCUT2D eigenvalue weighted by Crippen LogP contribution is 2.26. The molecule has 220 valence electrons.